The maximum atomic E-state index is 11.6. The Morgan fingerprint density at radius 1 is 1.33 bits per heavy atom. The SMILES string of the molecule is COCC(C)OC(=O)c1ccc(C)cc1. The van der Waals surface area contributed by atoms with Crippen LogP contribution in [-0.2, 0) is 9.47 Å². The lowest BCUT2D eigenvalue weighted by molar-refractivity contribution is 0.0120. The van der Waals surface area contributed by atoms with Crippen LogP contribution in [0.25, 0.3) is 0 Å². The van der Waals surface area contributed by atoms with Crippen molar-refractivity contribution >= 4 is 5.97 Å². The van der Waals surface area contributed by atoms with Crippen molar-refractivity contribution in [2.24, 2.45) is 0 Å². The summed E-state index contributed by atoms with van der Waals surface area (Å²) in [7, 11) is 1.58. The summed E-state index contributed by atoms with van der Waals surface area (Å²) in [6.07, 6.45) is -0.219. The molecule has 0 aromatic heterocycles. The lowest BCUT2D eigenvalue weighted by atomic mass is 10.1. The van der Waals surface area contributed by atoms with E-state index in [1.807, 2.05) is 19.1 Å². The number of hydrogen-bond acceptors (Lipinski definition) is 3. The Labute approximate surface area is 90.0 Å². The molecule has 82 valence electrons. The highest BCUT2D eigenvalue weighted by atomic mass is 16.6. The first-order valence-corrected chi connectivity index (χ1v) is 4.90. The summed E-state index contributed by atoms with van der Waals surface area (Å²) in [5.74, 6) is -0.306. The molecule has 15 heavy (non-hydrogen) atoms. The average Bonchev–Trinajstić information content (AvgIpc) is 2.18. The van der Waals surface area contributed by atoms with Crippen LogP contribution in [0.15, 0.2) is 24.3 Å². The normalized spacial score (nSPS) is 12.2. The van der Waals surface area contributed by atoms with Crippen molar-refractivity contribution in [2.45, 2.75) is 20.0 Å². The quantitative estimate of drug-likeness (QED) is 0.711. The number of hydrogen-bond donors (Lipinski definition) is 0. The zero-order valence-corrected chi connectivity index (χ0v) is 9.32. The second kappa shape index (κ2) is 5.51. The van der Waals surface area contributed by atoms with Crippen LogP contribution in [0, 0.1) is 6.92 Å². The van der Waals surface area contributed by atoms with Gasteiger partial charge in [-0.05, 0) is 26.0 Å². The number of carbonyl (C=O) groups excluding carboxylic acids is 1. The number of aryl methyl sites for hydroxylation is 1. The molecule has 0 N–H and O–H groups in total. The second-order valence-corrected chi connectivity index (χ2v) is 3.54. The summed E-state index contributed by atoms with van der Waals surface area (Å²) in [5, 5.41) is 0. The van der Waals surface area contributed by atoms with Crippen molar-refractivity contribution < 1.29 is 14.3 Å². The molecule has 1 rings (SSSR count). The van der Waals surface area contributed by atoms with Crippen LogP contribution < -0.4 is 0 Å². The minimum Gasteiger partial charge on any atom is -0.457 e. The number of ether oxygens (including phenoxy) is 2. The fraction of sp³-hybridized carbons (Fsp3) is 0.417. The van der Waals surface area contributed by atoms with E-state index in [4.69, 9.17) is 9.47 Å². The molecule has 0 saturated heterocycles. The largest absolute Gasteiger partial charge is 0.457 e. The van der Waals surface area contributed by atoms with Gasteiger partial charge in [-0.1, -0.05) is 17.7 Å². The maximum absolute atomic E-state index is 11.6. The predicted octanol–water partition coefficient (Wildman–Crippen LogP) is 2.19. The highest BCUT2D eigenvalue weighted by Gasteiger charge is 2.10. The average molecular weight is 208 g/mol. The molecule has 0 aliphatic heterocycles. The second-order valence-electron chi connectivity index (χ2n) is 3.54. The first-order chi connectivity index (χ1) is 7.13. The van der Waals surface area contributed by atoms with Gasteiger partial charge in [0.2, 0.25) is 0 Å². The van der Waals surface area contributed by atoms with E-state index in [0.717, 1.165) is 5.56 Å². The van der Waals surface area contributed by atoms with E-state index < -0.39 is 0 Å². The highest BCUT2D eigenvalue weighted by molar-refractivity contribution is 5.89. The van der Waals surface area contributed by atoms with Crippen molar-refractivity contribution in [1.82, 2.24) is 0 Å². The van der Waals surface area contributed by atoms with Gasteiger partial charge < -0.3 is 9.47 Å². The van der Waals surface area contributed by atoms with Gasteiger partial charge in [0.1, 0.15) is 6.10 Å². The van der Waals surface area contributed by atoms with Crippen molar-refractivity contribution in [3.05, 3.63) is 35.4 Å². The third-order valence-electron chi connectivity index (χ3n) is 2.00. The molecule has 0 bridgehead atoms. The maximum Gasteiger partial charge on any atom is 0.338 e. The van der Waals surface area contributed by atoms with Crippen molar-refractivity contribution in [1.29, 1.82) is 0 Å². The molecule has 0 aliphatic rings. The lowest BCUT2D eigenvalue weighted by Gasteiger charge is -2.11. The Balaban J connectivity index is 2.57. The number of benzene rings is 1. The minimum absolute atomic E-state index is 0.219. The lowest BCUT2D eigenvalue weighted by Crippen LogP contribution is -2.19. The number of esters is 1. The first kappa shape index (κ1) is 11.7. The third kappa shape index (κ3) is 3.72. The number of carbonyl (C=O) groups is 1. The van der Waals surface area contributed by atoms with Gasteiger partial charge in [0.15, 0.2) is 0 Å². The number of rotatable bonds is 4. The molecular weight excluding hydrogens is 192 g/mol. The van der Waals surface area contributed by atoms with Gasteiger partial charge in [-0.25, -0.2) is 4.79 Å². The fourth-order valence-electron chi connectivity index (χ4n) is 1.21. The van der Waals surface area contributed by atoms with E-state index in [0.29, 0.717) is 12.2 Å². The van der Waals surface area contributed by atoms with E-state index in [1.165, 1.54) is 0 Å². The summed E-state index contributed by atoms with van der Waals surface area (Å²) < 4.78 is 10.0. The standard InChI is InChI=1S/C12H16O3/c1-9-4-6-11(7-5-9)12(13)15-10(2)8-14-3/h4-7,10H,8H2,1-3H3. The van der Waals surface area contributed by atoms with Crippen LogP contribution in [0.4, 0.5) is 0 Å². The van der Waals surface area contributed by atoms with Crippen molar-refractivity contribution in [2.75, 3.05) is 13.7 Å². The van der Waals surface area contributed by atoms with Crippen LogP contribution in [-0.4, -0.2) is 25.8 Å². The van der Waals surface area contributed by atoms with Crippen molar-refractivity contribution in [3.63, 3.8) is 0 Å². The van der Waals surface area contributed by atoms with Gasteiger partial charge in [0.25, 0.3) is 0 Å². The Morgan fingerprint density at radius 3 is 2.47 bits per heavy atom. The summed E-state index contributed by atoms with van der Waals surface area (Å²) in [5.41, 5.74) is 1.69. The zero-order valence-electron chi connectivity index (χ0n) is 9.32. The van der Waals surface area contributed by atoms with Gasteiger partial charge in [-0.15, -0.1) is 0 Å². The molecule has 1 atom stereocenters. The first-order valence-electron chi connectivity index (χ1n) is 4.90. The third-order valence-corrected chi connectivity index (χ3v) is 2.00. The molecule has 1 aromatic carbocycles. The van der Waals surface area contributed by atoms with E-state index in [9.17, 15) is 4.79 Å². The molecule has 0 amide bonds. The smallest absolute Gasteiger partial charge is 0.338 e. The summed E-state index contributed by atoms with van der Waals surface area (Å²) in [4.78, 5) is 11.6. The fourth-order valence-corrected chi connectivity index (χ4v) is 1.21. The summed E-state index contributed by atoms with van der Waals surface area (Å²) >= 11 is 0. The molecule has 1 aromatic rings. The van der Waals surface area contributed by atoms with Gasteiger partial charge in [-0.2, -0.15) is 0 Å². The van der Waals surface area contributed by atoms with E-state index >= 15 is 0 Å². The van der Waals surface area contributed by atoms with Gasteiger partial charge in [-0.3, -0.25) is 0 Å². The topological polar surface area (TPSA) is 35.5 Å². The predicted molar refractivity (Wildman–Crippen MR) is 57.9 cm³/mol. The zero-order chi connectivity index (χ0) is 11.3. The molecule has 0 heterocycles. The van der Waals surface area contributed by atoms with Gasteiger partial charge in [0.05, 0.1) is 12.2 Å². The summed E-state index contributed by atoms with van der Waals surface area (Å²) in [6.45, 7) is 4.19. The minimum atomic E-state index is -0.306. The van der Waals surface area contributed by atoms with E-state index in [1.54, 1.807) is 26.2 Å². The monoisotopic (exact) mass is 208 g/mol. The molecule has 0 fully saturated rings. The van der Waals surface area contributed by atoms with Gasteiger partial charge >= 0.3 is 5.97 Å². The Kier molecular flexibility index (Phi) is 4.31. The van der Waals surface area contributed by atoms with E-state index in [-0.39, 0.29) is 12.1 Å². The van der Waals surface area contributed by atoms with Crippen LogP contribution in [0.5, 0.6) is 0 Å². The van der Waals surface area contributed by atoms with Crippen LogP contribution in [0.1, 0.15) is 22.8 Å². The molecule has 3 nitrogen and oxygen atoms in total. The Morgan fingerprint density at radius 2 is 1.93 bits per heavy atom. The van der Waals surface area contributed by atoms with Crippen LogP contribution in [0.3, 0.4) is 0 Å². The molecule has 0 spiro atoms. The molecule has 0 saturated carbocycles. The Hall–Kier alpha value is -1.35. The number of methoxy groups -OCH3 is 1. The van der Waals surface area contributed by atoms with E-state index in [2.05, 4.69) is 0 Å². The van der Waals surface area contributed by atoms with Crippen molar-refractivity contribution in [3.8, 4) is 0 Å². The Bertz CT molecular complexity index is 316. The van der Waals surface area contributed by atoms with Gasteiger partial charge in [0, 0.05) is 7.11 Å². The molecule has 0 aliphatic carbocycles. The van der Waals surface area contributed by atoms with Crippen LogP contribution >= 0.6 is 0 Å². The summed E-state index contributed by atoms with van der Waals surface area (Å²) in [6, 6.07) is 7.30. The molecular formula is C12H16O3. The molecule has 1 unspecified atom stereocenters. The highest BCUT2D eigenvalue weighted by Crippen LogP contribution is 2.06. The van der Waals surface area contributed by atoms with Crippen LogP contribution in [0.2, 0.25) is 0 Å². The molecule has 0 radical (unpaired) electrons. The molecule has 3 heteroatoms.